The Labute approximate surface area is 189 Å². The van der Waals surface area contributed by atoms with Crippen LogP contribution in [0, 0.1) is 20.2 Å². The fraction of sp³-hybridized carbons (Fsp3) is 0.111. The molecule has 33 heavy (non-hydrogen) atoms. The molecule has 0 fully saturated rings. The third kappa shape index (κ3) is 4.73. The maximum absolute atomic E-state index is 12.7. The van der Waals surface area contributed by atoms with Crippen molar-refractivity contribution in [2.24, 2.45) is 0 Å². The number of ether oxygens (including phenoxy) is 2. The molecule has 0 saturated carbocycles. The molecular formula is C18H14N4O9S2. The number of nitro groups is 2. The first kappa shape index (κ1) is 23.6. The number of thiazole rings is 1. The quantitative estimate of drug-likeness (QED) is 0.361. The maximum Gasteiger partial charge on any atom is 0.286 e. The molecule has 1 aromatic heterocycles. The molecule has 3 aromatic rings. The van der Waals surface area contributed by atoms with Gasteiger partial charge in [0, 0.05) is 18.2 Å². The van der Waals surface area contributed by atoms with Crippen LogP contribution in [-0.4, -0.2) is 43.4 Å². The van der Waals surface area contributed by atoms with Crippen molar-refractivity contribution in [2.45, 2.75) is 9.10 Å². The standard InChI is InChI=1S/C18H14N4O9S2/c1-30-14-7-12(13(22(26)27)8-15(14)31-2)17(23)20-18-19-9-16(32-18)33(28,29)11-5-3-10(4-6-11)21(24)25/h3-9H,1-2H3,(H,19,20,23). The highest BCUT2D eigenvalue weighted by molar-refractivity contribution is 7.93. The lowest BCUT2D eigenvalue weighted by molar-refractivity contribution is -0.385. The minimum Gasteiger partial charge on any atom is -0.493 e. The van der Waals surface area contributed by atoms with Crippen molar-refractivity contribution < 1.29 is 32.5 Å². The normalized spacial score (nSPS) is 11.0. The van der Waals surface area contributed by atoms with Crippen molar-refractivity contribution in [3.63, 3.8) is 0 Å². The summed E-state index contributed by atoms with van der Waals surface area (Å²) in [6.07, 6.45) is 1.00. The molecule has 1 N–H and O–H groups in total. The van der Waals surface area contributed by atoms with Crippen LogP contribution in [-0.2, 0) is 9.84 Å². The molecule has 13 nitrogen and oxygen atoms in total. The van der Waals surface area contributed by atoms with E-state index in [0.717, 1.165) is 42.6 Å². The highest BCUT2D eigenvalue weighted by Crippen LogP contribution is 2.35. The van der Waals surface area contributed by atoms with Crippen LogP contribution in [0.15, 0.2) is 51.7 Å². The first-order chi connectivity index (χ1) is 15.6. The van der Waals surface area contributed by atoms with Crippen molar-refractivity contribution in [2.75, 3.05) is 19.5 Å². The lowest BCUT2D eigenvalue weighted by Crippen LogP contribution is -2.14. The van der Waals surface area contributed by atoms with E-state index in [1.165, 1.54) is 14.2 Å². The minimum absolute atomic E-state index is 0.0477. The predicted octanol–water partition coefficient (Wildman–Crippen LogP) is 3.06. The second-order valence-corrected chi connectivity index (χ2v) is 9.38. The number of rotatable bonds is 8. The molecule has 0 spiro atoms. The number of hydrogen-bond acceptors (Lipinski definition) is 11. The van der Waals surface area contributed by atoms with Gasteiger partial charge in [-0.05, 0) is 12.1 Å². The number of anilines is 1. The van der Waals surface area contributed by atoms with Crippen molar-refractivity contribution in [1.29, 1.82) is 0 Å². The molecule has 0 aliphatic rings. The Morgan fingerprint density at radius 2 is 1.64 bits per heavy atom. The molecule has 0 aliphatic carbocycles. The molecule has 0 radical (unpaired) electrons. The van der Waals surface area contributed by atoms with Gasteiger partial charge in [-0.15, -0.1) is 0 Å². The number of carbonyl (C=O) groups is 1. The summed E-state index contributed by atoms with van der Waals surface area (Å²) in [6.45, 7) is 0. The van der Waals surface area contributed by atoms with Gasteiger partial charge in [-0.2, -0.15) is 0 Å². The van der Waals surface area contributed by atoms with E-state index in [-0.39, 0.29) is 37.0 Å². The molecule has 0 atom stereocenters. The Morgan fingerprint density at radius 1 is 1.03 bits per heavy atom. The first-order valence-electron chi connectivity index (χ1n) is 8.75. The number of methoxy groups -OCH3 is 2. The predicted molar refractivity (Wildman–Crippen MR) is 115 cm³/mol. The van der Waals surface area contributed by atoms with Crippen molar-refractivity contribution in [3.05, 3.63) is 68.4 Å². The van der Waals surface area contributed by atoms with Crippen LogP contribution in [0.25, 0.3) is 0 Å². The monoisotopic (exact) mass is 494 g/mol. The molecule has 0 unspecified atom stereocenters. The third-order valence-electron chi connectivity index (χ3n) is 4.27. The van der Waals surface area contributed by atoms with E-state index in [9.17, 15) is 33.4 Å². The number of aromatic nitrogens is 1. The molecule has 0 bridgehead atoms. The fourth-order valence-corrected chi connectivity index (χ4v) is 5.10. The van der Waals surface area contributed by atoms with Crippen LogP contribution in [0.2, 0.25) is 0 Å². The molecule has 172 valence electrons. The van der Waals surface area contributed by atoms with Crippen LogP contribution in [0.3, 0.4) is 0 Å². The number of nitrogens with zero attached hydrogens (tertiary/aromatic N) is 3. The number of sulfone groups is 1. The molecule has 0 aliphatic heterocycles. The molecule has 3 rings (SSSR count). The van der Waals surface area contributed by atoms with Gasteiger partial charge in [-0.25, -0.2) is 13.4 Å². The van der Waals surface area contributed by atoms with Gasteiger partial charge in [0.25, 0.3) is 17.3 Å². The Bertz CT molecular complexity index is 1350. The average Bonchev–Trinajstić information content (AvgIpc) is 3.27. The zero-order valence-electron chi connectivity index (χ0n) is 16.9. The van der Waals surface area contributed by atoms with Crippen LogP contribution < -0.4 is 14.8 Å². The molecule has 2 aromatic carbocycles. The molecular weight excluding hydrogens is 480 g/mol. The Morgan fingerprint density at radius 3 is 2.18 bits per heavy atom. The van der Waals surface area contributed by atoms with Gasteiger partial charge in [-0.3, -0.25) is 30.3 Å². The number of benzene rings is 2. The summed E-state index contributed by atoms with van der Waals surface area (Å²) < 4.78 is 35.3. The van der Waals surface area contributed by atoms with E-state index >= 15 is 0 Å². The smallest absolute Gasteiger partial charge is 0.286 e. The zero-order chi connectivity index (χ0) is 24.3. The van der Waals surface area contributed by atoms with Gasteiger partial charge >= 0.3 is 0 Å². The second-order valence-electron chi connectivity index (χ2n) is 6.17. The number of carbonyl (C=O) groups excluding carboxylic acids is 1. The fourth-order valence-electron chi connectivity index (χ4n) is 2.67. The minimum atomic E-state index is -4.06. The summed E-state index contributed by atoms with van der Waals surface area (Å²) in [7, 11) is -1.49. The first-order valence-corrected chi connectivity index (χ1v) is 11.1. The lowest BCUT2D eigenvalue weighted by atomic mass is 10.1. The Balaban J connectivity index is 1.89. The SMILES string of the molecule is COc1cc(C(=O)Nc2ncc(S(=O)(=O)c3ccc([N+](=O)[O-])cc3)s2)c([N+](=O)[O-])cc1OC. The number of nitro benzene ring substituents is 2. The Hall–Kier alpha value is -4.11. The zero-order valence-corrected chi connectivity index (χ0v) is 18.5. The van der Waals surface area contributed by atoms with Crippen LogP contribution in [0.4, 0.5) is 16.5 Å². The number of non-ortho nitro benzene ring substituents is 1. The van der Waals surface area contributed by atoms with Gasteiger partial charge in [0.05, 0.1) is 41.2 Å². The summed E-state index contributed by atoms with van der Waals surface area (Å²) in [5.74, 6) is -0.795. The van der Waals surface area contributed by atoms with E-state index in [2.05, 4.69) is 10.3 Å². The average molecular weight is 494 g/mol. The molecule has 0 saturated heterocycles. The summed E-state index contributed by atoms with van der Waals surface area (Å²) in [5.41, 5.74) is -1.18. The van der Waals surface area contributed by atoms with Crippen molar-refractivity contribution >= 4 is 43.6 Å². The van der Waals surface area contributed by atoms with E-state index in [1.807, 2.05) is 0 Å². The number of hydrogen-bond donors (Lipinski definition) is 1. The van der Waals surface area contributed by atoms with E-state index in [0.29, 0.717) is 11.3 Å². The summed E-state index contributed by atoms with van der Waals surface area (Å²) in [4.78, 5) is 37.0. The third-order valence-corrected chi connectivity index (χ3v) is 7.41. The van der Waals surface area contributed by atoms with Gasteiger partial charge in [0.2, 0.25) is 9.84 Å². The van der Waals surface area contributed by atoms with Gasteiger partial charge < -0.3 is 9.47 Å². The van der Waals surface area contributed by atoms with E-state index in [4.69, 9.17) is 9.47 Å². The van der Waals surface area contributed by atoms with Crippen molar-refractivity contribution in [1.82, 2.24) is 4.98 Å². The topological polar surface area (TPSA) is 181 Å². The van der Waals surface area contributed by atoms with Crippen LogP contribution in [0.5, 0.6) is 11.5 Å². The van der Waals surface area contributed by atoms with Gasteiger partial charge in [0.15, 0.2) is 16.6 Å². The van der Waals surface area contributed by atoms with E-state index < -0.39 is 31.3 Å². The van der Waals surface area contributed by atoms with Gasteiger partial charge in [0.1, 0.15) is 9.77 Å². The largest absolute Gasteiger partial charge is 0.493 e. The highest BCUT2D eigenvalue weighted by Gasteiger charge is 2.27. The highest BCUT2D eigenvalue weighted by atomic mass is 32.2. The summed E-state index contributed by atoms with van der Waals surface area (Å²) in [6, 6.07) is 6.41. The number of nitrogens with one attached hydrogen (secondary N) is 1. The summed E-state index contributed by atoms with van der Waals surface area (Å²) in [5, 5.41) is 24.3. The molecule has 15 heteroatoms. The van der Waals surface area contributed by atoms with Crippen LogP contribution in [0.1, 0.15) is 10.4 Å². The van der Waals surface area contributed by atoms with E-state index in [1.54, 1.807) is 0 Å². The molecule has 1 amide bonds. The number of amides is 1. The summed E-state index contributed by atoms with van der Waals surface area (Å²) >= 11 is 0.609. The van der Waals surface area contributed by atoms with Gasteiger partial charge in [-0.1, -0.05) is 11.3 Å². The lowest BCUT2D eigenvalue weighted by Gasteiger charge is -2.10. The maximum atomic E-state index is 12.7. The Kier molecular flexibility index (Phi) is 6.55. The van der Waals surface area contributed by atoms with Crippen molar-refractivity contribution in [3.8, 4) is 11.5 Å². The second kappa shape index (κ2) is 9.17. The van der Waals surface area contributed by atoms with Crippen LogP contribution >= 0.6 is 11.3 Å². The molecule has 1 heterocycles.